The summed E-state index contributed by atoms with van der Waals surface area (Å²) in [5.74, 6) is 0.973. The molecule has 1 aliphatic rings. The van der Waals surface area contributed by atoms with Gasteiger partial charge in [0.15, 0.2) is 0 Å². The monoisotopic (exact) mass is 270 g/mol. The Morgan fingerprint density at radius 3 is 2.20 bits per heavy atom. The first-order chi connectivity index (χ1) is 9.61. The maximum atomic E-state index is 9.50. The molecular weight excluding hydrogens is 244 g/mol. The molecule has 0 spiro atoms. The van der Waals surface area contributed by atoms with Crippen molar-refractivity contribution in [2.24, 2.45) is 5.92 Å². The van der Waals surface area contributed by atoms with Crippen LogP contribution in [0.15, 0.2) is 24.3 Å². The molecule has 0 amide bonds. The third kappa shape index (κ3) is 3.61. The second-order valence-corrected chi connectivity index (χ2v) is 6.45. The smallest absolute Gasteiger partial charge is 0.104 e. The van der Waals surface area contributed by atoms with Crippen LogP contribution in [-0.2, 0) is 6.42 Å². The molecule has 1 aliphatic heterocycles. The maximum absolute atomic E-state index is 9.50. The molecule has 2 atom stereocenters. The van der Waals surface area contributed by atoms with Gasteiger partial charge in [-0.15, -0.1) is 0 Å². The minimum Gasteiger partial charge on any atom is -0.288 e. The Morgan fingerprint density at radius 2 is 1.70 bits per heavy atom. The Hall–Kier alpha value is -1.33. The molecule has 2 rings (SSSR count). The van der Waals surface area contributed by atoms with Crippen LogP contribution in [0, 0.1) is 17.2 Å². The first kappa shape index (κ1) is 15.1. The third-order valence-corrected chi connectivity index (χ3v) is 4.29. The minimum absolute atomic E-state index is 0.0217. The maximum Gasteiger partial charge on any atom is 0.104 e. The molecule has 0 radical (unpaired) electrons. The van der Waals surface area contributed by atoms with Gasteiger partial charge < -0.3 is 0 Å². The Morgan fingerprint density at radius 1 is 1.10 bits per heavy atom. The molecule has 1 heterocycles. The highest BCUT2D eigenvalue weighted by Gasteiger charge is 2.27. The highest BCUT2D eigenvalue weighted by atomic mass is 15.2. The van der Waals surface area contributed by atoms with Crippen molar-refractivity contribution in [3.05, 3.63) is 35.4 Å². The summed E-state index contributed by atoms with van der Waals surface area (Å²) in [5, 5.41) is 9.50. The predicted octanol–water partition coefficient (Wildman–Crippen LogP) is 3.98. The molecule has 1 saturated heterocycles. The van der Waals surface area contributed by atoms with Crippen LogP contribution in [0.2, 0.25) is 0 Å². The fourth-order valence-corrected chi connectivity index (χ4v) is 3.14. The summed E-state index contributed by atoms with van der Waals surface area (Å²) < 4.78 is 0. The van der Waals surface area contributed by atoms with E-state index >= 15 is 0 Å². The quantitative estimate of drug-likeness (QED) is 0.809. The molecule has 2 unspecified atom stereocenters. The van der Waals surface area contributed by atoms with Gasteiger partial charge in [-0.1, -0.05) is 45.0 Å². The van der Waals surface area contributed by atoms with Gasteiger partial charge >= 0.3 is 0 Å². The summed E-state index contributed by atoms with van der Waals surface area (Å²) in [6.45, 7) is 8.83. The van der Waals surface area contributed by atoms with Gasteiger partial charge in [0.1, 0.15) is 6.04 Å². The van der Waals surface area contributed by atoms with Crippen LogP contribution in [-0.4, -0.2) is 24.0 Å². The van der Waals surface area contributed by atoms with Gasteiger partial charge in [0, 0.05) is 5.92 Å². The van der Waals surface area contributed by atoms with Gasteiger partial charge in [-0.05, 0) is 49.4 Å². The number of hydrogen-bond acceptors (Lipinski definition) is 2. The largest absolute Gasteiger partial charge is 0.288 e. The van der Waals surface area contributed by atoms with Crippen LogP contribution in [0.1, 0.15) is 50.7 Å². The highest BCUT2D eigenvalue weighted by Crippen LogP contribution is 2.26. The first-order valence-electron chi connectivity index (χ1n) is 7.84. The normalized spacial score (nSPS) is 18.9. The van der Waals surface area contributed by atoms with Gasteiger partial charge in [0.25, 0.3) is 0 Å². The zero-order chi connectivity index (χ0) is 14.5. The van der Waals surface area contributed by atoms with E-state index < -0.39 is 0 Å². The molecular formula is C18H26N2. The summed E-state index contributed by atoms with van der Waals surface area (Å²) >= 11 is 0. The second-order valence-electron chi connectivity index (χ2n) is 6.45. The van der Waals surface area contributed by atoms with Crippen molar-refractivity contribution in [1.82, 2.24) is 4.90 Å². The Balaban J connectivity index is 2.07. The van der Waals surface area contributed by atoms with E-state index in [1.807, 2.05) is 0 Å². The number of hydrogen-bond donors (Lipinski definition) is 0. The lowest BCUT2D eigenvalue weighted by atomic mass is 9.91. The molecule has 0 N–H and O–H groups in total. The van der Waals surface area contributed by atoms with Crippen LogP contribution in [0.3, 0.4) is 0 Å². The predicted molar refractivity (Wildman–Crippen MR) is 83.6 cm³/mol. The summed E-state index contributed by atoms with van der Waals surface area (Å²) in [5.41, 5.74) is 2.68. The molecule has 0 aliphatic carbocycles. The number of benzene rings is 1. The van der Waals surface area contributed by atoms with Crippen molar-refractivity contribution in [3.8, 4) is 6.07 Å². The third-order valence-electron chi connectivity index (χ3n) is 4.29. The molecule has 2 nitrogen and oxygen atoms in total. The Labute approximate surface area is 123 Å². The molecule has 1 aromatic rings. The van der Waals surface area contributed by atoms with Crippen molar-refractivity contribution in [2.45, 2.75) is 52.0 Å². The van der Waals surface area contributed by atoms with Gasteiger partial charge in [0.2, 0.25) is 0 Å². The van der Waals surface area contributed by atoms with Gasteiger partial charge in [0.05, 0.1) is 6.07 Å². The molecule has 1 fully saturated rings. The van der Waals surface area contributed by atoms with E-state index in [2.05, 4.69) is 56.0 Å². The average Bonchev–Trinajstić information content (AvgIpc) is 2.93. The summed E-state index contributed by atoms with van der Waals surface area (Å²) in [4.78, 5) is 2.34. The molecule has 1 aromatic carbocycles. The van der Waals surface area contributed by atoms with Crippen LogP contribution in [0.4, 0.5) is 0 Å². The fraction of sp³-hybridized carbons (Fsp3) is 0.611. The highest BCUT2D eigenvalue weighted by molar-refractivity contribution is 5.28. The lowest BCUT2D eigenvalue weighted by Gasteiger charge is -2.27. The summed E-state index contributed by atoms with van der Waals surface area (Å²) in [7, 11) is 0. The van der Waals surface area contributed by atoms with Crippen molar-refractivity contribution in [2.75, 3.05) is 13.1 Å². The topological polar surface area (TPSA) is 27.0 Å². The molecule has 0 bridgehead atoms. The Bertz CT molecular complexity index is 449. The molecule has 20 heavy (non-hydrogen) atoms. The SMILES string of the molecule is CC(C)Cc1ccc(C(C)C(C#N)N2CCCC2)cc1. The molecule has 2 heteroatoms. The van der Waals surface area contributed by atoms with Crippen LogP contribution in [0.25, 0.3) is 0 Å². The van der Waals surface area contributed by atoms with Crippen LogP contribution >= 0.6 is 0 Å². The van der Waals surface area contributed by atoms with E-state index in [1.54, 1.807) is 0 Å². The zero-order valence-corrected chi connectivity index (χ0v) is 13.0. The van der Waals surface area contributed by atoms with E-state index in [1.165, 1.54) is 24.0 Å². The molecule has 0 aromatic heterocycles. The average molecular weight is 270 g/mol. The van der Waals surface area contributed by atoms with Crippen molar-refractivity contribution in [3.63, 3.8) is 0 Å². The lowest BCUT2D eigenvalue weighted by molar-refractivity contribution is 0.263. The van der Waals surface area contributed by atoms with E-state index in [0.29, 0.717) is 5.92 Å². The van der Waals surface area contributed by atoms with Crippen LogP contribution < -0.4 is 0 Å². The Kier molecular flexibility index (Phi) is 5.20. The van der Waals surface area contributed by atoms with Gasteiger partial charge in [-0.3, -0.25) is 4.90 Å². The zero-order valence-electron chi connectivity index (χ0n) is 13.0. The van der Waals surface area contributed by atoms with E-state index in [0.717, 1.165) is 19.5 Å². The van der Waals surface area contributed by atoms with Crippen molar-refractivity contribution < 1.29 is 0 Å². The summed E-state index contributed by atoms with van der Waals surface area (Å²) in [6.07, 6.45) is 3.60. The number of nitriles is 1. The standard InChI is InChI=1S/C18H26N2/c1-14(2)12-16-6-8-17(9-7-16)15(3)18(13-19)20-10-4-5-11-20/h6-9,14-15,18H,4-5,10-12H2,1-3H3. The number of likely N-dealkylation sites (tertiary alicyclic amines) is 1. The van der Waals surface area contributed by atoms with Crippen LogP contribution in [0.5, 0.6) is 0 Å². The molecule has 0 saturated carbocycles. The lowest BCUT2D eigenvalue weighted by Crippen LogP contribution is -2.35. The van der Waals surface area contributed by atoms with Gasteiger partial charge in [-0.2, -0.15) is 5.26 Å². The number of nitrogens with zero attached hydrogens (tertiary/aromatic N) is 2. The van der Waals surface area contributed by atoms with E-state index in [9.17, 15) is 5.26 Å². The first-order valence-corrected chi connectivity index (χ1v) is 7.84. The minimum atomic E-state index is 0.0217. The molecule has 108 valence electrons. The summed E-state index contributed by atoms with van der Waals surface area (Å²) in [6, 6.07) is 11.4. The second kappa shape index (κ2) is 6.90. The fourth-order valence-electron chi connectivity index (χ4n) is 3.14. The number of rotatable bonds is 5. The van der Waals surface area contributed by atoms with E-state index in [4.69, 9.17) is 0 Å². The van der Waals surface area contributed by atoms with Crippen molar-refractivity contribution in [1.29, 1.82) is 5.26 Å². The van der Waals surface area contributed by atoms with Gasteiger partial charge in [-0.25, -0.2) is 0 Å². The van der Waals surface area contributed by atoms with E-state index in [-0.39, 0.29) is 12.0 Å². The van der Waals surface area contributed by atoms with Crippen molar-refractivity contribution >= 4 is 0 Å².